The van der Waals surface area contributed by atoms with Gasteiger partial charge in [0.15, 0.2) is 18.1 Å². The van der Waals surface area contributed by atoms with E-state index in [2.05, 4.69) is 5.32 Å². The third-order valence-corrected chi connectivity index (χ3v) is 4.96. The van der Waals surface area contributed by atoms with E-state index in [0.29, 0.717) is 17.2 Å². The Labute approximate surface area is 167 Å². The van der Waals surface area contributed by atoms with Crippen molar-refractivity contribution in [3.63, 3.8) is 0 Å². The highest BCUT2D eigenvalue weighted by atomic mass is 32.2. The number of thioether (sulfide) groups is 1. The third-order valence-electron chi connectivity index (χ3n) is 4.24. The Balaban J connectivity index is 1.56. The fourth-order valence-electron chi connectivity index (χ4n) is 2.72. The molecule has 7 nitrogen and oxygen atoms in total. The number of ether oxygens (including phenoxy) is 4. The first kappa shape index (κ1) is 19.9. The summed E-state index contributed by atoms with van der Waals surface area (Å²) < 4.78 is 21.0. The minimum absolute atomic E-state index is 0.191. The number of esters is 1. The van der Waals surface area contributed by atoms with Crippen LogP contribution in [0, 0.1) is 0 Å². The number of rotatable bonds is 7. The van der Waals surface area contributed by atoms with Crippen molar-refractivity contribution in [2.24, 2.45) is 0 Å². The van der Waals surface area contributed by atoms with Gasteiger partial charge >= 0.3 is 5.97 Å². The van der Waals surface area contributed by atoms with Gasteiger partial charge in [0, 0.05) is 4.90 Å². The normalized spacial score (nSPS) is 13.0. The van der Waals surface area contributed by atoms with Gasteiger partial charge in [0.05, 0.1) is 13.2 Å². The molecule has 1 aliphatic heterocycles. The summed E-state index contributed by atoms with van der Waals surface area (Å²) in [6.07, 6.45) is 1.93. The fourth-order valence-corrected chi connectivity index (χ4v) is 3.15. The van der Waals surface area contributed by atoms with Crippen molar-refractivity contribution in [2.45, 2.75) is 17.9 Å². The molecule has 0 aromatic heterocycles. The van der Waals surface area contributed by atoms with Gasteiger partial charge in [-0.1, -0.05) is 6.07 Å². The van der Waals surface area contributed by atoms with Crippen LogP contribution in [-0.4, -0.2) is 38.6 Å². The second-order valence-electron chi connectivity index (χ2n) is 6.04. The maximum Gasteiger partial charge on any atom is 0.342 e. The molecule has 1 atom stereocenters. The van der Waals surface area contributed by atoms with E-state index in [1.165, 1.54) is 18.9 Å². The lowest BCUT2D eigenvalue weighted by molar-refractivity contribution is -0.124. The van der Waals surface area contributed by atoms with Crippen LogP contribution in [0.5, 0.6) is 17.2 Å². The number of amides is 1. The summed E-state index contributed by atoms with van der Waals surface area (Å²) in [5, 5.41) is 2.79. The van der Waals surface area contributed by atoms with Gasteiger partial charge in [-0.2, -0.15) is 0 Å². The first-order valence-electron chi connectivity index (χ1n) is 8.60. The molecule has 28 heavy (non-hydrogen) atoms. The molecule has 1 heterocycles. The van der Waals surface area contributed by atoms with Crippen LogP contribution in [0.25, 0.3) is 0 Å². The maximum atomic E-state index is 12.3. The van der Waals surface area contributed by atoms with Gasteiger partial charge in [-0.05, 0) is 49.1 Å². The first-order valence-corrected chi connectivity index (χ1v) is 9.82. The van der Waals surface area contributed by atoms with Gasteiger partial charge < -0.3 is 24.3 Å². The van der Waals surface area contributed by atoms with Gasteiger partial charge in [-0.25, -0.2) is 4.79 Å². The molecular weight excluding hydrogens is 382 g/mol. The molecule has 148 valence electrons. The second kappa shape index (κ2) is 8.88. The molecule has 0 saturated heterocycles. The van der Waals surface area contributed by atoms with Crippen LogP contribution in [0.15, 0.2) is 41.3 Å². The van der Waals surface area contributed by atoms with Gasteiger partial charge in [0.2, 0.25) is 6.79 Å². The highest BCUT2D eigenvalue weighted by molar-refractivity contribution is 7.98. The second-order valence-corrected chi connectivity index (χ2v) is 6.92. The molecule has 1 aliphatic rings. The Morgan fingerprint density at radius 3 is 2.71 bits per heavy atom. The molecule has 8 heteroatoms. The Kier molecular flexibility index (Phi) is 6.30. The Morgan fingerprint density at radius 2 is 1.96 bits per heavy atom. The summed E-state index contributed by atoms with van der Waals surface area (Å²) in [6, 6.07) is 10.4. The zero-order valence-corrected chi connectivity index (χ0v) is 16.6. The molecule has 0 aliphatic carbocycles. The van der Waals surface area contributed by atoms with Crippen molar-refractivity contribution >= 4 is 23.6 Å². The largest absolute Gasteiger partial charge is 0.496 e. The Bertz CT molecular complexity index is 885. The van der Waals surface area contributed by atoms with Crippen molar-refractivity contribution in [2.75, 3.05) is 26.8 Å². The number of hydrogen-bond acceptors (Lipinski definition) is 7. The third kappa shape index (κ3) is 4.51. The lowest BCUT2D eigenvalue weighted by Crippen LogP contribution is -2.31. The van der Waals surface area contributed by atoms with Crippen molar-refractivity contribution in [1.82, 2.24) is 5.32 Å². The van der Waals surface area contributed by atoms with E-state index < -0.39 is 11.9 Å². The van der Waals surface area contributed by atoms with Crippen LogP contribution in [0.4, 0.5) is 0 Å². The van der Waals surface area contributed by atoms with Gasteiger partial charge in [-0.15, -0.1) is 11.8 Å². The molecule has 3 rings (SSSR count). The SMILES string of the molecule is COc1cc(SC)ccc1C(=O)OCC(=O)NC(C)c1ccc2c(c1)OCO2. The van der Waals surface area contributed by atoms with Crippen LogP contribution in [0.3, 0.4) is 0 Å². The molecule has 0 bridgehead atoms. The number of carbonyl (C=O) groups excluding carboxylic acids is 2. The maximum absolute atomic E-state index is 12.3. The number of fused-ring (bicyclic) bond motifs is 1. The van der Waals surface area contributed by atoms with Gasteiger partial charge in [-0.3, -0.25) is 4.79 Å². The fraction of sp³-hybridized carbons (Fsp3) is 0.300. The first-order chi connectivity index (χ1) is 13.5. The van der Waals surface area contributed by atoms with Crippen molar-refractivity contribution in [3.8, 4) is 17.2 Å². The molecule has 1 N–H and O–H groups in total. The molecule has 0 saturated carbocycles. The lowest BCUT2D eigenvalue weighted by Gasteiger charge is -2.15. The predicted molar refractivity (Wildman–Crippen MR) is 104 cm³/mol. The van der Waals surface area contributed by atoms with Gasteiger partial charge in [0.1, 0.15) is 11.3 Å². The van der Waals surface area contributed by atoms with Crippen LogP contribution in [0.1, 0.15) is 28.9 Å². The quantitative estimate of drug-likeness (QED) is 0.561. The van der Waals surface area contributed by atoms with E-state index in [-0.39, 0.29) is 25.0 Å². The minimum atomic E-state index is -0.615. The van der Waals surface area contributed by atoms with E-state index >= 15 is 0 Å². The number of hydrogen-bond donors (Lipinski definition) is 1. The van der Waals surface area contributed by atoms with E-state index in [1.807, 2.05) is 25.3 Å². The zero-order chi connectivity index (χ0) is 20.1. The molecule has 0 spiro atoms. The Hall–Kier alpha value is -2.87. The van der Waals surface area contributed by atoms with Crippen molar-refractivity contribution < 1.29 is 28.5 Å². The summed E-state index contributed by atoms with van der Waals surface area (Å²) in [6.45, 7) is 1.64. The summed E-state index contributed by atoms with van der Waals surface area (Å²) >= 11 is 1.54. The molecule has 0 fully saturated rings. The van der Waals surface area contributed by atoms with Crippen molar-refractivity contribution in [3.05, 3.63) is 47.5 Å². The molecule has 2 aromatic carbocycles. The molecular formula is C20H21NO6S. The summed E-state index contributed by atoms with van der Waals surface area (Å²) in [7, 11) is 1.48. The van der Waals surface area contributed by atoms with Gasteiger partial charge in [0.25, 0.3) is 5.91 Å². The highest BCUT2D eigenvalue weighted by Crippen LogP contribution is 2.34. The molecule has 2 aromatic rings. The van der Waals surface area contributed by atoms with Crippen LogP contribution < -0.4 is 19.5 Å². The van der Waals surface area contributed by atoms with E-state index in [0.717, 1.165) is 10.5 Å². The molecule has 1 unspecified atom stereocenters. The van der Waals surface area contributed by atoms with Crippen LogP contribution >= 0.6 is 11.8 Å². The lowest BCUT2D eigenvalue weighted by atomic mass is 10.1. The van der Waals surface area contributed by atoms with E-state index in [9.17, 15) is 9.59 Å². The smallest absolute Gasteiger partial charge is 0.342 e. The Morgan fingerprint density at radius 1 is 1.18 bits per heavy atom. The number of methoxy groups -OCH3 is 1. The summed E-state index contributed by atoms with van der Waals surface area (Å²) in [5.74, 6) is 0.711. The average Bonchev–Trinajstić information content (AvgIpc) is 3.19. The topological polar surface area (TPSA) is 83.1 Å². The van der Waals surface area contributed by atoms with Crippen LogP contribution in [-0.2, 0) is 9.53 Å². The summed E-state index contributed by atoms with van der Waals surface area (Å²) in [4.78, 5) is 25.4. The highest BCUT2D eigenvalue weighted by Gasteiger charge is 2.19. The predicted octanol–water partition coefficient (Wildman–Crippen LogP) is 3.18. The minimum Gasteiger partial charge on any atom is -0.496 e. The number of benzene rings is 2. The molecule has 0 radical (unpaired) electrons. The zero-order valence-electron chi connectivity index (χ0n) is 15.8. The number of carbonyl (C=O) groups is 2. The van der Waals surface area contributed by atoms with E-state index in [4.69, 9.17) is 18.9 Å². The van der Waals surface area contributed by atoms with E-state index in [1.54, 1.807) is 24.3 Å². The number of nitrogens with one attached hydrogen (secondary N) is 1. The average molecular weight is 403 g/mol. The summed E-state index contributed by atoms with van der Waals surface area (Å²) in [5.41, 5.74) is 1.13. The monoisotopic (exact) mass is 403 g/mol. The standard InChI is InChI=1S/C20H21NO6S/c1-12(13-4-7-16-18(8-13)27-11-26-16)21-19(22)10-25-20(23)15-6-5-14(28-3)9-17(15)24-2/h4-9,12H,10-11H2,1-3H3,(H,21,22). The van der Waals surface area contributed by atoms with Crippen molar-refractivity contribution in [1.29, 1.82) is 0 Å². The van der Waals surface area contributed by atoms with Crippen LogP contribution in [0.2, 0.25) is 0 Å². The molecule has 1 amide bonds.